The van der Waals surface area contributed by atoms with Gasteiger partial charge in [0.25, 0.3) is 0 Å². The molecule has 33 heavy (non-hydrogen) atoms. The lowest BCUT2D eigenvalue weighted by Gasteiger charge is -2.44. The van der Waals surface area contributed by atoms with Crippen LogP contribution in [-0.2, 0) is 19.1 Å². The number of benzene rings is 2. The first-order valence-electron chi connectivity index (χ1n) is 11.0. The Labute approximate surface area is 193 Å². The second-order valence-corrected chi connectivity index (χ2v) is 8.33. The van der Waals surface area contributed by atoms with Crippen molar-refractivity contribution in [1.82, 2.24) is 0 Å². The summed E-state index contributed by atoms with van der Waals surface area (Å²) in [5, 5.41) is 7.56. The van der Waals surface area contributed by atoms with Crippen LogP contribution in [0.15, 0.2) is 54.6 Å². The number of nitrogens with one attached hydrogen (secondary N) is 1. The predicted molar refractivity (Wildman–Crippen MR) is 126 cm³/mol. The van der Waals surface area contributed by atoms with Crippen molar-refractivity contribution in [3.05, 3.63) is 65.7 Å². The van der Waals surface area contributed by atoms with E-state index < -0.39 is 29.3 Å². The molecule has 1 aliphatic heterocycles. The van der Waals surface area contributed by atoms with Crippen molar-refractivity contribution < 1.29 is 19.1 Å². The summed E-state index contributed by atoms with van der Waals surface area (Å²) in [4.78, 5) is 40.3. The minimum absolute atomic E-state index is 0.0639. The van der Waals surface area contributed by atoms with Gasteiger partial charge in [-0.25, -0.2) is 4.79 Å². The highest BCUT2D eigenvalue weighted by Gasteiger charge is 2.54. The molecule has 2 aromatic rings. The van der Waals surface area contributed by atoms with E-state index in [4.69, 9.17) is 21.6 Å². The highest BCUT2D eigenvalue weighted by molar-refractivity contribution is 6.03. The van der Waals surface area contributed by atoms with Crippen LogP contribution in [0.2, 0.25) is 0 Å². The quantitative estimate of drug-likeness (QED) is 0.256. The molecule has 8 heteroatoms. The number of hydrogen-bond acceptors (Lipinski definition) is 6. The first kappa shape index (κ1) is 24.1. The molecule has 8 nitrogen and oxygen atoms in total. The number of nitrogens with zero attached hydrogens (tertiary/aromatic N) is 1. The average molecular weight is 451 g/mol. The molecule has 2 aromatic carbocycles. The number of amidine groups is 1. The molecule has 1 amide bonds. The van der Waals surface area contributed by atoms with Crippen LogP contribution in [0.5, 0.6) is 0 Å². The van der Waals surface area contributed by atoms with Gasteiger partial charge in [0.2, 0.25) is 5.91 Å². The molecule has 0 saturated carbocycles. The molecule has 0 aliphatic carbocycles. The predicted octanol–water partition coefficient (Wildman–Crippen LogP) is 2.69. The molecule has 2 unspecified atom stereocenters. The van der Waals surface area contributed by atoms with Gasteiger partial charge in [0.1, 0.15) is 11.4 Å². The lowest BCUT2D eigenvalue weighted by Crippen LogP contribution is -2.64. The Balaban J connectivity index is 2.03. The van der Waals surface area contributed by atoms with Crippen LogP contribution < -0.4 is 16.4 Å². The fraction of sp³-hybridized carbons (Fsp3) is 0.360. The van der Waals surface area contributed by atoms with Crippen LogP contribution in [0.25, 0.3) is 0 Å². The van der Waals surface area contributed by atoms with E-state index >= 15 is 0 Å². The third kappa shape index (κ3) is 4.80. The van der Waals surface area contributed by atoms with Crippen LogP contribution in [0.4, 0.5) is 5.69 Å². The number of amides is 1. The Morgan fingerprint density at radius 2 is 1.82 bits per heavy atom. The monoisotopic (exact) mass is 450 g/mol. The minimum Gasteiger partial charge on any atom is -0.392 e. The number of piperidine rings is 1. The van der Waals surface area contributed by atoms with Gasteiger partial charge in [0.05, 0.1) is 5.92 Å². The highest BCUT2D eigenvalue weighted by Crippen LogP contribution is 2.41. The minimum atomic E-state index is -1.73. The van der Waals surface area contributed by atoms with E-state index in [2.05, 4.69) is 0 Å². The Morgan fingerprint density at radius 1 is 1.18 bits per heavy atom. The number of carbonyl (C=O) groups excluding carboxylic acids is 3. The van der Waals surface area contributed by atoms with Crippen LogP contribution in [0.1, 0.15) is 50.2 Å². The van der Waals surface area contributed by atoms with Gasteiger partial charge in [-0.2, -0.15) is 0 Å². The summed E-state index contributed by atoms with van der Waals surface area (Å²) in [5.74, 6) is -3.43. The van der Waals surface area contributed by atoms with E-state index in [0.29, 0.717) is 37.1 Å². The third-order valence-electron chi connectivity index (χ3n) is 6.28. The van der Waals surface area contributed by atoms with Crippen molar-refractivity contribution in [2.75, 3.05) is 11.4 Å². The zero-order valence-corrected chi connectivity index (χ0v) is 18.9. The number of anilines is 1. The van der Waals surface area contributed by atoms with Gasteiger partial charge in [-0.1, -0.05) is 37.3 Å². The second kappa shape index (κ2) is 9.95. The number of ether oxygens (including phenoxy) is 1. The Hall–Kier alpha value is -3.52. The molecule has 1 aliphatic rings. The first-order chi connectivity index (χ1) is 15.7. The number of hydrogen-bond donors (Lipinski definition) is 3. The molecule has 1 heterocycles. The van der Waals surface area contributed by atoms with Crippen LogP contribution in [-0.4, -0.2) is 35.8 Å². The van der Waals surface area contributed by atoms with Crippen molar-refractivity contribution in [3.8, 4) is 0 Å². The summed E-state index contributed by atoms with van der Waals surface area (Å²) in [6.45, 7) is 3.51. The summed E-state index contributed by atoms with van der Waals surface area (Å²) < 4.78 is 4.99. The number of carbonyl (C=O) groups is 3. The van der Waals surface area contributed by atoms with Crippen molar-refractivity contribution in [2.45, 2.75) is 44.6 Å². The number of rotatable bonds is 7. The molecule has 3 rings (SSSR count). The van der Waals surface area contributed by atoms with Gasteiger partial charge in [-0.05, 0) is 49.1 Å². The molecule has 1 fully saturated rings. The van der Waals surface area contributed by atoms with Crippen LogP contribution in [0.3, 0.4) is 0 Å². The largest absolute Gasteiger partial charge is 0.392 e. The maximum atomic E-state index is 13.7. The van der Waals surface area contributed by atoms with E-state index in [-0.39, 0.29) is 11.7 Å². The molecule has 3 atom stereocenters. The van der Waals surface area contributed by atoms with Gasteiger partial charge < -0.3 is 21.1 Å². The molecule has 0 bridgehead atoms. The van der Waals surface area contributed by atoms with Gasteiger partial charge in [-0.3, -0.25) is 15.0 Å². The average Bonchev–Trinajstić information content (AvgIpc) is 2.80. The summed E-state index contributed by atoms with van der Waals surface area (Å²) in [6.07, 6.45) is 1.50. The molecular weight excluding hydrogens is 420 g/mol. The third-order valence-corrected chi connectivity index (χ3v) is 6.28. The number of nitrogens with two attached hydrogens (primary N) is 2. The molecular formula is C25H30N4O4. The van der Waals surface area contributed by atoms with Crippen molar-refractivity contribution >= 4 is 29.4 Å². The fourth-order valence-corrected chi connectivity index (χ4v) is 4.68. The van der Waals surface area contributed by atoms with Crippen LogP contribution >= 0.6 is 0 Å². The molecule has 0 spiro atoms. The van der Waals surface area contributed by atoms with E-state index in [9.17, 15) is 14.4 Å². The molecule has 174 valence electrons. The van der Waals surface area contributed by atoms with Gasteiger partial charge in [0, 0.05) is 30.6 Å². The van der Waals surface area contributed by atoms with E-state index in [1.807, 2.05) is 37.3 Å². The lowest BCUT2D eigenvalue weighted by atomic mass is 9.67. The summed E-state index contributed by atoms with van der Waals surface area (Å²) >= 11 is 0. The first-order valence-corrected chi connectivity index (χ1v) is 11.0. The molecule has 0 aromatic heterocycles. The van der Waals surface area contributed by atoms with Crippen molar-refractivity contribution in [3.63, 3.8) is 0 Å². The zero-order chi connectivity index (χ0) is 24.2. The van der Waals surface area contributed by atoms with Gasteiger partial charge in [-0.15, -0.1) is 0 Å². The summed E-state index contributed by atoms with van der Waals surface area (Å²) in [6, 6.07) is 16.1. The van der Waals surface area contributed by atoms with E-state index in [0.717, 1.165) is 12.5 Å². The fourth-order valence-electron chi connectivity index (χ4n) is 4.68. The Bertz CT molecular complexity index is 1040. The van der Waals surface area contributed by atoms with E-state index in [1.165, 1.54) is 0 Å². The van der Waals surface area contributed by atoms with E-state index in [1.54, 1.807) is 29.2 Å². The molecule has 1 saturated heterocycles. The summed E-state index contributed by atoms with van der Waals surface area (Å²) in [7, 11) is 0. The normalized spacial score (nSPS) is 18.8. The topological polar surface area (TPSA) is 140 Å². The SMILES string of the molecule is CCC(c1ccccc1)C(N)(C(=O)OC(C)=O)[C@@H]1CCCN(c2ccc(C(=N)N)cc2)C1=O. The zero-order valence-electron chi connectivity index (χ0n) is 18.9. The molecule has 5 N–H and O–H groups in total. The van der Waals surface area contributed by atoms with Crippen LogP contribution in [0, 0.1) is 11.3 Å². The van der Waals surface area contributed by atoms with Gasteiger partial charge in [0.15, 0.2) is 0 Å². The smallest absolute Gasteiger partial charge is 0.335 e. The standard InChI is InChI=1S/C25H30N4O4/c1-3-20(17-8-5-4-6-9-17)25(28,24(32)33-16(2)30)21-10-7-15-29(23(21)31)19-13-11-18(12-14-19)22(26)27/h4-6,8-9,11-14,20-21H,3,7,10,15,28H2,1-2H3,(H3,26,27)/t20?,21-,25?/m1/s1. The van der Waals surface area contributed by atoms with Gasteiger partial charge >= 0.3 is 11.9 Å². The van der Waals surface area contributed by atoms with Crippen molar-refractivity contribution in [1.29, 1.82) is 5.41 Å². The number of esters is 2. The Morgan fingerprint density at radius 3 is 2.36 bits per heavy atom. The lowest BCUT2D eigenvalue weighted by molar-refractivity contribution is -0.166. The maximum Gasteiger partial charge on any atom is 0.335 e. The highest BCUT2D eigenvalue weighted by atomic mass is 16.6. The summed E-state index contributed by atoms with van der Waals surface area (Å²) in [5.41, 5.74) is 12.6. The number of nitrogen functional groups attached to an aromatic ring is 1. The van der Waals surface area contributed by atoms with Crippen molar-refractivity contribution in [2.24, 2.45) is 17.4 Å². The second-order valence-electron chi connectivity index (χ2n) is 8.33. The maximum absolute atomic E-state index is 13.7. The Kier molecular flexibility index (Phi) is 7.28. The molecule has 0 radical (unpaired) electrons.